The fourth-order valence-corrected chi connectivity index (χ4v) is 11.6. The Morgan fingerprint density at radius 3 is 1.36 bits per heavy atom. The van der Waals surface area contributed by atoms with Gasteiger partial charge in [0.05, 0.1) is 0 Å². The molecule has 0 saturated heterocycles. The van der Waals surface area contributed by atoms with Crippen LogP contribution in [0, 0.1) is 0 Å². The van der Waals surface area contributed by atoms with Crippen LogP contribution in [0.2, 0.25) is 9.63 Å². The molecule has 0 nitrogen and oxygen atoms in total. The zero-order valence-corrected chi connectivity index (χ0v) is 12.5. The summed E-state index contributed by atoms with van der Waals surface area (Å²) in [5.74, 6) is 0. The van der Waals surface area contributed by atoms with Crippen LogP contribution in [0.4, 0.5) is 0 Å². The summed E-state index contributed by atoms with van der Waals surface area (Å²) in [6, 6.07) is 0. The van der Waals surface area contributed by atoms with Gasteiger partial charge in [0, 0.05) is 0 Å². The van der Waals surface area contributed by atoms with Crippen molar-refractivity contribution in [2.45, 2.75) is 73.8 Å². The van der Waals surface area contributed by atoms with E-state index in [-0.39, 0.29) is 11.5 Å². The third-order valence-corrected chi connectivity index (χ3v) is 14.4. The second-order valence-electron chi connectivity index (χ2n) is 4.85. The van der Waals surface area contributed by atoms with Crippen LogP contribution in [-0.2, 0) is 0 Å². The molecule has 2 aliphatic carbocycles. The van der Waals surface area contributed by atoms with E-state index in [0.29, 0.717) is 0 Å². The molecule has 2 heteroatoms. The first-order valence-electron chi connectivity index (χ1n) is 6.27. The summed E-state index contributed by atoms with van der Waals surface area (Å²) < 4.78 is 0. The zero-order valence-electron chi connectivity index (χ0n) is 9.04. The van der Waals surface area contributed by atoms with Crippen LogP contribution in [0.25, 0.3) is 0 Å². The fourth-order valence-electron chi connectivity index (χ4n) is 2.87. The Balaban J connectivity index is 1.85. The van der Waals surface area contributed by atoms with E-state index in [1.54, 1.807) is 25.7 Å². The summed E-state index contributed by atoms with van der Waals surface area (Å²) in [7, 11) is 0. The van der Waals surface area contributed by atoms with Crippen LogP contribution in [0.1, 0.15) is 64.2 Å². The SMILES string of the molecule is [Se]=[Se](C1CCCCC1)C1CCCCC1. The molecule has 0 aromatic rings. The molecule has 2 fully saturated rings. The number of hydrogen-bond donors (Lipinski definition) is 0. The van der Waals surface area contributed by atoms with Crippen LogP contribution in [-0.4, -0.2) is 25.2 Å². The first-order chi connectivity index (χ1) is 6.88. The third-order valence-electron chi connectivity index (χ3n) is 3.76. The molecule has 0 aromatic heterocycles. The van der Waals surface area contributed by atoms with Gasteiger partial charge in [-0.3, -0.25) is 0 Å². The van der Waals surface area contributed by atoms with Crippen LogP contribution < -0.4 is 0 Å². The predicted molar refractivity (Wildman–Crippen MR) is 65.2 cm³/mol. The molecule has 0 unspecified atom stereocenters. The minimum atomic E-state index is -0.350. The van der Waals surface area contributed by atoms with Gasteiger partial charge in [-0.05, 0) is 0 Å². The molecule has 2 aliphatic rings. The van der Waals surface area contributed by atoms with E-state index in [1.807, 2.05) is 0 Å². The minimum absolute atomic E-state index is 0.350. The van der Waals surface area contributed by atoms with Crippen molar-refractivity contribution in [3.05, 3.63) is 0 Å². The summed E-state index contributed by atoms with van der Waals surface area (Å²) in [5.41, 5.74) is 0. The van der Waals surface area contributed by atoms with Crippen molar-refractivity contribution in [3.63, 3.8) is 0 Å². The monoisotopic (exact) mass is 326 g/mol. The Labute approximate surface area is 98.8 Å². The van der Waals surface area contributed by atoms with Gasteiger partial charge in [0.2, 0.25) is 0 Å². The molecule has 0 aromatic carbocycles. The van der Waals surface area contributed by atoms with E-state index >= 15 is 0 Å². The van der Waals surface area contributed by atoms with Gasteiger partial charge in [0.15, 0.2) is 0 Å². The molecule has 14 heavy (non-hydrogen) atoms. The van der Waals surface area contributed by atoms with Gasteiger partial charge in [-0.25, -0.2) is 0 Å². The van der Waals surface area contributed by atoms with Crippen LogP contribution in [0.5, 0.6) is 0 Å². The van der Waals surface area contributed by atoms with Crippen molar-refractivity contribution < 1.29 is 0 Å². The molecule has 0 heterocycles. The Bertz CT molecular complexity index is 168. The molecule has 0 aliphatic heterocycles. The van der Waals surface area contributed by atoms with Gasteiger partial charge in [0.25, 0.3) is 0 Å². The summed E-state index contributed by atoms with van der Waals surface area (Å²) >= 11 is 3.29. The number of hydrogen-bond acceptors (Lipinski definition) is 0. The zero-order chi connectivity index (χ0) is 9.80. The van der Waals surface area contributed by atoms with E-state index in [0.717, 1.165) is 9.63 Å². The van der Waals surface area contributed by atoms with Crippen LogP contribution in [0.3, 0.4) is 0 Å². The summed E-state index contributed by atoms with van der Waals surface area (Å²) in [5, 5.41) is 0. The van der Waals surface area contributed by atoms with Gasteiger partial charge in [-0.15, -0.1) is 0 Å². The molecule has 0 amide bonds. The molecule has 82 valence electrons. The Kier molecular flexibility index (Phi) is 4.89. The second-order valence-corrected chi connectivity index (χ2v) is 13.2. The van der Waals surface area contributed by atoms with Crippen molar-refractivity contribution in [2.75, 3.05) is 0 Å². The summed E-state index contributed by atoms with van der Waals surface area (Å²) in [6.07, 6.45) is 15.4. The molecule has 2 saturated carbocycles. The maximum atomic E-state index is 3.64. The van der Waals surface area contributed by atoms with Crippen molar-refractivity contribution >= 4 is 25.2 Å². The maximum absolute atomic E-state index is 3.64. The fraction of sp³-hybridized carbons (Fsp3) is 1.00. The first kappa shape index (κ1) is 11.5. The third kappa shape index (κ3) is 3.01. The van der Waals surface area contributed by atoms with Gasteiger partial charge >= 0.3 is 99.0 Å². The quantitative estimate of drug-likeness (QED) is 0.678. The number of rotatable bonds is 2. The van der Waals surface area contributed by atoms with Gasteiger partial charge in [-0.1, -0.05) is 0 Å². The molecule has 2 rings (SSSR count). The molecule has 0 spiro atoms. The summed E-state index contributed by atoms with van der Waals surface area (Å²) in [6.45, 7) is 0. The normalized spacial score (nSPS) is 26.9. The van der Waals surface area contributed by atoms with E-state index < -0.39 is 0 Å². The first-order valence-corrected chi connectivity index (χ1v) is 12.6. The van der Waals surface area contributed by atoms with Gasteiger partial charge in [-0.2, -0.15) is 0 Å². The average molecular weight is 324 g/mol. The Morgan fingerprint density at radius 2 is 1.00 bits per heavy atom. The Hall–Kier alpha value is 1.04. The molecular weight excluding hydrogens is 302 g/mol. The average Bonchev–Trinajstić information content (AvgIpc) is 2.30. The molecule has 0 radical (unpaired) electrons. The van der Waals surface area contributed by atoms with E-state index in [1.165, 1.54) is 38.5 Å². The van der Waals surface area contributed by atoms with Crippen LogP contribution >= 0.6 is 0 Å². The Morgan fingerprint density at radius 1 is 0.643 bits per heavy atom. The van der Waals surface area contributed by atoms with Crippen molar-refractivity contribution in [1.82, 2.24) is 0 Å². The van der Waals surface area contributed by atoms with E-state index in [9.17, 15) is 0 Å². The topological polar surface area (TPSA) is 0 Å². The van der Waals surface area contributed by atoms with Crippen molar-refractivity contribution in [2.24, 2.45) is 0 Å². The van der Waals surface area contributed by atoms with E-state index in [2.05, 4.69) is 13.7 Å². The summed E-state index contributed by atoms with van der Waals surface area (Å²) in [4.78, 5) is 2.32. The molecule has 0 N–H and O–H groups in total. The second kappa shape index (κ2) is 5.94. The van der Waals surface area contributed by atoms with E-state index in [4.69, 9.17) is 0 Å². The van der Waals surface area contributed by atoms with Crippen LogP contribution in [0.15, 0.2) is 0 Å². The molecular formula is C12H22Se2. The standard InChI is InChI=1S/C12H22Se2/c13-14(11-7-3-1-4-8-11)12-9-5-2-6-10-12/h11-12H,1-10H2. The predicted octanol–water partition coefficient (Wildman–Crippen LogP) is 3.82. The molecule has 0 bridgehead atoms. The van der Waals surface area contributed by atoms with Crippen molar-refractivity contribution in [3.8, 4) is 0 Å². The van der Waals surface area contributed by atoms with Crippen molar-refractivity contribution in [1.29, 1.82) is 0 Å². The van der Waals surface area contributed by atoms with Gasteiger partial charge in [0.1, 0.15) is 0 Å². The van der Waals surface area contributed by atoms with Gasteiger partial charge < -0.3 is 0 Å². The molecule has 0 atom stereocenters.